The first-order valence-corrected chi connectivity index (χ1v) is 17.4. The van der Waals surface area contributed by atoms with Crippen LogP contribution >= 0.6 is 0 Å². The molecule has 1 aliphatic heterocycles. The van der Waals surface area contributed by atoms with Gasteiger partial charge in [0.25, 0.3) is 5.56 Å². The molecular weight excluding hydrogens is 669 g/mol. The van der Waals surface area contributed by atoms with Crippen molar-refractivity contribution >= 4 is 11.9 Å². The Hall–Kier alpha value is -4.06. The number of hydrogen-bond donors (Lipinski definition) is 1. The topological polar surface area (TPSA) is 80.6 Å². The zero-order valence-electron chi connectivity index (χ0n) is 30.6. The summed E-state index contributed by atoms with van der Waals surface area (Å²) in [5, 5.41) is 2.62. The SMILES string of the molecule is CCOC(=O)C[C@H](NC(=O)[C@H](CC(C)C)n1cc(C2CCCN(C)C2)c(C(F)(F)F)cc1=O)c1c(F)c(C)cc(-c2c(C)cc(C)cc2C)c1F. The Bertz CT molecular complexity index is 1810. The number of alkyl halides is 3. The van der Waals surface area contributed by atoms with Crippen molar-refractivity contribution in [3.8, 4) is 11.1 Å². The number of rotatable bonds is 11. The molecule has 0 saturated carbocycles. The fourth-order valence-electron chi connectivity index (χ4n) is 7.36. The zero-order chi connectivity index (χ0) is 37.9. The Morgan fingerprint density at radius 2 is 1.65 bits per heavy atom. The van der Waals surface area contributed by atoms with Crippen LogP contribution in [0.1, 0.15) is 103 Å². The van der Waals surface area contributed by atoms with Gasteiger partial charge in [0.15, 0.2) is 0 Å². The molecule has 0 aliphatic carbocycles. The minimum Gasteiger partial charge on any atom is -0.466 e. The number of benzene rings is 2. The molecule has 2 aromatic carbocycles. The van der Waals surface area contributed by atoms with Gasteiger partial charge in [-0.25, -0.2) is 8.78 Å². The fourth-order valence-corrected chi connectivity index (χ4v) is 7.36. The zero-order valence-corrected chi connectivity index (χ0v) is 30.6. The van der Waals surface area contributed by atoms with Crippen LogP contribution in [0.25, 0.3) is 11.1 Å². The van der Waals surface area contributed by atoms with Crippen LogP contribution in [0.15, 0.2) is 35.3 Å². The van der Waals surface area contributed by atoms with Gasteiger partial charge < -0.3 is 19.5 Å². The van der Waals surface area contributed by atoms with E-state index in [-0.39, 0.29) is 35.6 Å². The number of carbonyl (C=O) groups excluding carboxylic acids is 2. The lowest BCUT2D eigenvalue weighted by Crippen LogP contribution is -2.41. The van der Waals surface area contributed by atoms with Crippen molar-refractivity contribution in [2.24, 2.45) is 5.92 Å². The monoisotopic (exact) mass is 717 g/mol. The molecule has 278 valence electrons. The van der Waals surface area contributed by atoms with Crippen LogP contribution in [0.4, 0.5) is 22.0 Å². The van der Waals surface area contributed by atoms with E-state index in [1.165, 1.54) is 13.0 Å². The lowest BCUT2D eigenvalue weighted by Gasteiger charge is -2.32. The van der Waals surface area contributed by atoms with Gasteiger partial charge in [0, 0.05) is 29.9 Å². The van der Waals surface area contributed by atoms with Crippen molar-refractivity contribution in [1.82, 2.24) is 14.8 Å². The minimum absolute atomic E-state index is 0.0129. The molecule has 0 spiro atoms. The second kappa shape index (κ2) is 16.1. The Balaban J connectivity index is 1.88. The highest BCUT2D eigenvalue weighted by Gasteiger charge is 2.39. The Morgan fingerprint density at radius 3 is 2.22 bits per heavy atom. The van der Waals surface area contributed by atoms with Gasteiger partial charge in [0.05, 0.1) is 24.6 Å². The highest BCUT2D eigenvalue weighted by molar-refractivity contribution is 5.82. The number of halogens is 5. The van der Waals surface area contributed by atoms with Gasteiger partial charge in [-0.2, -0.15) is 13.2 Å². The number of nitrogens with one attached hydrogen (secondary N) is 1. The fraction of sp³-hybridized carbons (Fsp3) is 0.513. The van der Waals surface area contributed by atoms with Gasteiger partial charge in [-0.05, 0) is 113 Å². The maximum atomic E-state index is 16.7. The van der Waals surface area contributed by atoms with E-state index in [4.69, 9.17) is 4.74 Å². The third-order valence-electron chi connectivity index (χ3n) is 9.52. The molecule has 1 aromatic heterocycles. The summed E-state index contributed by atoms with van der Waals surface area (Å²) in [5.41, 5.74) is 0.394. The maximum Gasteiger partial charge on any atom is 0.416 e. The van der Waals surface area contributed by atoms with E-state index in [1.807, 2.05) is 44.9 Å². The molecule has 1 unspecified atom stereocenters. The van der Waals surface area contributed by atoms with Crippen molar-refractivity contribution < 1.29 is 36.3 Å². The van der Waals surface area contributed by atoms with Crippen LogP contribution in [0.2, 0.25) is 0 Å². The van der Waals surface area contributed by atoms with Gasteiger partial charge in [0.1, 0.15) is 17.7 Å². The Labute approximate surface area is 296 Å². The highest BCUT2D eigenvalue weighted by atomic mass is 19.4. The number of hydrogen-bond acceptors (Lipinski definition) is 5. The molecule has 3 aromatic rings. The number of carbonyl (C=O) groups is 2. The molecule has 51 heavy (non-hydrogen) atoms. The Kier molecular flexibility index (Phi) is 12.5. The molecule has 1 fully saturated rings. The average molecular weight is 718 g/mol. The quantitative estimate of drug-likeness (QED) is 0.160. The lowest BCUT2D eigenvalue weighted by atomic mass is 9.88. The van der Waals surface area contributed by atoms with Crippen LogP contribution in [-0.2, 0) is 20.5 Å². The molecule has 12 heteroatoms. The number of likely N-dealkylation sites (tertiary alicyclic amines) is 1. The summed E-state index contributed by atoms with van der Waals surface area (Å²) in [6.45, 7) is 13.1. The van der Waals surface area contributed by atoms with Crippen molar-refractivity contribution in [3.63, 3.8) is 0 Å². The largest absolute Gasteiger partial charge is 0.466 e. The normalized spacial score (nSPS) is 16.6. The van der Waals surface area contributed by atoms with Crippen LogP contribution in [-0.4, -0.2) is 48.1 Å². The first-order valence-electron chi connectivity index (χ1n) is 17.4. The van der Waals surface area contributed by atoms with Crippen LogP contribution < -0.4 is 10.9 Å². The van der Waals surface area contributed by atoms with Crippen LogP contribution in [0.5, 0.6) is 0 Å². The van der Waals surface area contributed by atoms with Gasteiger partial charge in [-0.1, -0.05) is 31.5 Å². The minimum atomic E-state index is -4.81. The van der Waals surface area contributed by atoms with Crippen LogP contribution in [0.3, 0.4) is 0 Å². The van der Waals surface area contributed by atoms with Gasteiger partial charge in [-0.3, -0.25) is 14.4 Å². The van der Waals surface area contributed by atoms with E-state index >= 15 is 8.78 Å². The van der Waals surface area contributed by atoms with E-state index in [0.717, 1.165) is 27.5 Å². The van der Waals surface area contributed by atoms with E-state index in [1.54, 1.807) is 20.8 Å². The number of ether oxygens (including phenoxy) is 1. The summed E-state index contributed by atoms with van der Waals surface area (Å²) in [7, 11) is 1.81. The predicted octanol–water partition coefficient (Wildman–Crippen LogP) is 8.25. The molecule has 4 rings (SSSR count). The van der Waals surface area contributed by atoms with Gasteiger partial charge in [-0.15, -0.1) is 0 Å². The summed E-state index contributed by atoms with van der Waals surface area (Å²) < 4.78 is 81.8. The van der Waals surface area contributed by atoms with E-state index in [2.05, 4.69) is 5.32 Å². The molecule has 2 heterocycles. The maximum absolute atomic E-state index is 16.7. The van der Waals surface area contributed by atoms with Gasteiger partial charge in [0.2, 0.25) is 5.91 Å². The number of nitrogens with zero attached hydrogens (tertiary/aromatic N) is 2. The number of aromatic nitrogens is 1. The standard InChI is InChI=1S/C39H48F5N3O4/c1-9-51-33(49)18-30(35-36(40)25(7)16-27(37(35)41)34-23(5)14-22(4)15-24(34)6)45-38(50)31(13-21(2)3)47-20-28(26-11-10-12-46(8)19-26)29(17-32(47)48)39(42,43)44/h14-17,20-21,26,30-31H,9-13,18-19H2,1-8H3,(H,45,50)/t26?,30-,31-/m0/s1. The molecular formula is C39H48F5N3O4. The van der Waals surface area contributed by atoms with E-state index in [0.29, 0.717) is 37.6 Å². The molecule has 1 saturated heterocycles. The van der Waals surface area contributed by atoms with Crippen LogP contribution in [0, 0.1) is 45.2 Å². The molecule has 1 aliphatic rings. The third-order valence-corrected chi connectivity index (χ3v) is 9.52. The number of piperidine rings is 1. The van der Waals surface area contributed by atoms with Crippen molar-refractivity contribution in [1.29, 1.82) is 0 Å². The van der Waals surface area contributed by atoms with E-state index < -0.39 is 70.8 Å². The number of pyridine rings is 1. The molecule has 0 radical (unpaired) electrons. The predicted molar refractivity (Wildman–Crippen MR) is 187 cm³/mol. The first-order chi connectivity index (χ1) is 23.8. The highest BCUT2D eigenvalue weighted by Crippen LogP contribution is 2.39. The lowest BCUT2D eigenvalue weighted by molar-refractivity contribution is -0.144. The second-order valence-corrected chi connectivity index (χ2v) is 14.3. The van der Waals surface area contributed by atoms with Crippen molar-refractivity contribution in [3.05, 3.63) is 91.4 Å². The summed E-state index contributed by atoms with van der Waals surface area (Å²) in [6, 6.07) is 2.72. The number of likely N-dealkylation sites (N-methyl/N-ethyl adjacent to an activating group) is 1. The van der Waals surface area contributed by atoms with E-state index in [9.17, 15) is 27.6 Å². The summed E-state index contributed by atoms with van der Waals surface area (Å²) in [5.74, 6) is -4.43. The van der Waals surface area contributed by atoms with Crippen molar-refractivity contribution in [2.45, 2.75) is 98.3 Å². The smallest absolute Gasteiger partial charge is 0.416 e. The molecule has 7 nitrogen and oxygen atoms in total. The molecule has 1 amide bonds. The number of esters is 1. The third kappa shape index (κ3) is 9.06. The molecule has 0 bridgehead atoms. The Morgan fingerprint density at radius 1 is 1.00 bits per heavy atom. The number of amides is 1. The summed E-state index contributed by atoms with van der Waals surface area (Å²) >= 11 is 0. The average Bonchev–Trinajstić information content (AvgIpc) is 3.01. The molecule has 1 N–H and O–H groups in total. The first kappa shape index (κ1) is 39.7. The summed E-state index contributed by atoms with van der Waals surface area (Å²) in [6.07, 6.45) is -3.20. The summed E-state index contributed by atoms with van der Waals surface area (Å²) in [4.78, 5) is 42.5. The van der Waals surface area contributed by atoms with Crippen molar-refractivity contribution in [2.75, 3.05) is 26.7 Å². The van der Waals surface area contributed by atoms with Gasteiger partial charge >= 0.3 is 12.1 Å². The molecule has 3 atom stereocenters. The number of aryl methyl sites for hydroxylation is 4. The second-order valence-electron chi connectivity index (χ2n) is 14.3.